The molecule has 2 fully saturated rings. The van der Waals surface area contributed by atoms with E-state index in [9.17, 15) is 9.59 Å². The first-order valence-electron chi connectivity index (χ1n) is 12.8. The summed E-state index contributed by atoms with van der Waals surface area (Å²) in [7, 11) is 0. The molecule has 1 aliphatic carbocycles. The summed E-state index contributed by atoms with van der Waals surface area (Å²) < 4.78 is 5.99. The van der Waals surface area contributed by atoms with Gasteiger partial charge in [-0.05, 0) is 48.3 Å². The lowest BCUT2D eigenvalue weighted by Gasteiger charge is -2.35. The molecule has 4 heterocycles. The number of allylic oxidation sites excluding steroid dienone is 2. The maximum atomic E-state index is 13.1. The molecule has 3 unspecified atom stereocenters. The summed E-state index contributed by atoms with van der Waals surface area (Å²) in [6.45, 7) is 5.84. The summed E-state index contributed by atoms with van der Waals surface area (Å²) in [6, 6.07) is 13.9. The number of carbonyl (C=O) groups is 2. The van der Waals surface area contributed by atoms with Gasteiger partial charge >= 0.3 is 6.03 Å². The number of benzene rings is 1. The summed E-state index contributed by atoms with van der Waals surface area (Å²) in [6.07, 6.45) is 10.0. The maximum absolute atomic E-state index is 13.1. The first-order valence-corrected chi connectivity index (χ1v) is 12.8. The van der Waals surface area contributed by atoms with Crippen molar-refractivity contribution in [3.63, 3.8) is 0 Å². The highest BCUT2D eigenvalue weighted by atomic mass is 16.5. The number of urea groups is 1. The van der Waals surface area contributed by atoms with E-state index in [2.05, 4.69) is 50.9 Å². The minimum absolute atomic E-state index is 0.0479. The Morgan fingerprint density at radius 2 is 2.08 bits per heavy atom. The Morgan fingerprint density at radius 3 is 2.95 bits per heavy atom. The predicted molar refractivity (Wildman–Crippen MR) is 141 cm³/mol. The van der Waals surface area contributed by atoms with Crippen LogP contribution in [0.5, 0.6) is 0 Å². The van der Waals surface area contributed by atoms with Crippen molar-refractivity contribution in [2.45, 2.75) is 26.1 Å². The summed E-state index contributed by atoms with van der Waals surface area (Å²) >= 11 is 0. The number of nitrogens with one attached hydrogen (secondary N) is 2. The second-order valence-corrected chi connectivity index (χ2v) is 10.2. The van der Waals surface area contributed by atoms with Crippen LogP contribution in [-0.4, -0.2) is 59.2 Å². The molecule has 3 atom stereocenters. The molecule has 0 radical (unpaired) electrons. The Hall–Kier alpha value is -3.75. The molecule has 1 aromatic carbocycles. The lowest BCUT2D eigenvalue weighted by Crippen LogP contribution is -2.45. The van der Waals surface area contributed by atoms with Gasteiger partial charge in [0.25, 0.3) is 0 Å². The van der Waals surface area contributed by atoms with Gasteiger partial charge in [0, 0.05) is 38.1 Å². The minimum atomic E-state index is -0.731. The molecule has 0 bridgehead atoms. The largest absolute Gasteiger partial charge is 0.357 e. The number of ether oxygens (including phenoxy) is 1. The molecule has 8 nitrogen and oxygen atoms in total. The van der Waals surface area contributed by atoms with Crippen molar-refractivity contribution in [2.75, 3.05) is 31.6 Å². The van der Waals surface area contributed by atoms with E-state index in [1.165, 1.54) is 11.1 Å². The lowest BCUT2D eigenvalue weighted by molar-refractivity contribution is -0.145. The molecule has 0 saturated carbocycles. The average Bonchev–Trinajstić information content (AvgIpc) is 3.46. The minimum Gasteiger partial charge on any atom is -0.357 e. The summed E-state index contributed by atoms with van der Waals surface area (Å²) in [5.41, 5.74) is 3.50. The van der Waals surface area contributed by atoms with Crippen molar-refractivity contribution >= 4 is 23.3 Å². The van der Waals surface area contributed by atoms with E-state index in [1.807, 2.05) is 43.4 Å². The highest BCUT2D eigenvalue weighted by Crippen LogP contribution is 2.49. The highest BCUT2D eigenvalue weighted by molar-refractivity contribution is 5.92. The molecule has 1 aromatic heterocycles. The van der Waals surface area contributed by atoms with Crippen LogP contribution in [0.25, 0.3) is 5.57 Å². The molecular formula is C29H31N5O3. The number of carbonyl (C=O) groups excluding carboxylic acids is 2. The number of hydrogen-bond acceptors (Lipinski definition) is 5. The zero-order valence-electron chi connectivity index (χ0n) is 20.9. The standard InChI is InChI=1S/C29H31N5O3/c1-29-12-5-9-23(25(29)26-34(27(29)35)14-6-16-37-26)31-28(36)32-24-17-21(10-13-30-24)22-11-15-33(19-22)18-20-7-3-2-4-8-20/h2-5,7-13,17,25-26H,6,14-16,18-19H2,1H3,(H2,30,31,32,36). The predicted octanol–water partition coefficient (Wildman–Crippen LogP) is 3.77. The molecule has 2 N–H and O–H groups in total. The fourth-order valence-corrected chi connectivity index (χ4v) is 5.87. The number of fused-ring (bicyclic) bond motifs is 3. The first-order chi connectivity index (χ1) is 18.0. The summed E-state index contributed by atoms with van der Waals surface area (Å²) in [4.78, 5) is 34.7. The SMILES string of the molecule is CC12C=CC=C(NC(=O)Nc3cc(C4=CCN(Cc5ccccc5)C4)ccn3)C1C1OCCCN1C2=O. The Kier molecular flexibility index (Phi) is 6.14. The molecule has 4 aliphatic rings. The normalized spacial score (nSPS) is 26.8. The fourth-order valence-electron chi connectivity index (χ4n) is 5.87. The number of aromatic nitrogens is 1. The smallest absolute Gasteiger partial charge is 0.324 e. The number of rotatable bonds is 5. The molecule has 0 spiro atoms. The molecule has 6 rings (SSSR count). The van der Waals surface area contributed by atoms with Crippen molar-refractivity contribution in [3.8, 4) is 0 Å². The second kappa shape index (κ2) is 9.61. The molecule has 2 saturated heterocycles. The van der Waals surface area contributed by atoms with Gasteiger partial charge in [-0.3, -0.25) is 15.0 Å². The van der Waals surface area contributed by atoms with E-state index in [0.717, 1.165) is 31.6 Å². The van der Waals surface area contributed by atoms with Crippen molar-refractivity contribution < 1.29 is 14.3 Å². The van der Waals surface area contributed by atoms with Gasteiger partial charge in [-0.2, -0.15) is 0 Å². The van der Waals surface area contributed by atoms with Gasteiger partial charge in [-0.1, -0.05) is 48.6 Å². The van der Waals surface area contributed by atoms with Gasteiger partial charge in [0.1, 0.15) is 12.0 Å². The second-order valence-electron chi connectivity index (χ2n) is 10.2. The Morgan fingerprint density at radius 1 is 1.22 bits per heavy atom. The molecule has 37 heavy (non-hydrogen) atoms. The van der Waals surface area contributed by atoms with Gasteiger partial charge in [0.15, 0.2) is 0 Å². The van der Waals surface area contributed by atoms with Gasteiger partial charge in [-0.15, -0.1) is 0 Å². The van der Waals surface area contributed by atoms with E-state index < -0.39 is 5.41 Å². The van der Waals surface area contributed by atoms with Crippen LogP contribution in [0, 0.1) is 11.3 Å². The van der Waals surface area contributed by atoms with Crippen LogP contribution in [0.2, 0.25) is 0 Å². The van der Waals surface area contributed by atoms with Crippen LogP contribution in [0.1, 0.15) is 24.5 Å². The van der Waals surface area contributed by atoms with Crippen LogP contribution in [0.3, 0.4) is 0 Å². The van der Waals surface area contributed by atoms with Crippen molar-refractivity contribution in [1.82, 2.24) is 20.1 Å². The Labute approximate surface area is 216 Å². The van der Waals surface area contributed by atoms with Crippen molar-refractivity contribution in [1.29, 1.82) is 0 Å². The summed E-state index contributed by atoms with van der Waals surface area (Å²) in [5, 5.41) is 5.85. The number of amides is 3. The topological polar surface area (TPSA) is 86.8 Å². The lowest BCUT2D eigenvalue weighted by atomic mass is 9.74. The van der Waals surface area contributed by atoms with Gasteiger partial charge in [-0.25, -0.2) is 9.78 Å². The third-order valence-corrected chi connectivity index (χ3v) is 7.71. The zero-order chi connectivity index (χ0) is 25.4. The maximum Gasteiger partial charge on any atom is 0.324 e. The monoisotopic (exact) mass is 497 g/mol. The van der Waals surface area contributed by atoms with Gasteiger partial charge in [0.2, 0.25) is 5.91 Å². The van der Waals surface area contributed by atoms with Crippen LogP contribution < -0.4 is 10.6 Å². The Bertz CT molecular complexity index is 1300. The van der Waals surface area contributed by atoms with Crippen LogP contribution in [0.15, 0.2) is 78.7 Å². The third-order valence-electron chi connectivity index (χ3n) is 7.71. The zero-order valence-corrected chi connectivity index (χ0v) is 20.9. The highest BCUT2D eigenvalue weighted by Gasteiger charge is 2.58. The molecule has 3 amide bonds. The van der Waals surface area contributed by atoms with Crippen molar-refractivity contribution in [2.24, 2.45) is 11.3 Å². The number of pyridine rings is 1. The summed E-state index contributed by atoms with van der Waals surface area (Å²) in [5.74, 6) is 0.256. The van der Waals surface area contributed by atoms with Crippen molar-refractivity contribution in [3.05, 3.63) is 89.8 Å². The van der Waals surface area contributed by atoms with Crippen LogP contribution in [-0.2, 0) is 16.1 Å². The quantitative estimate of drug-likeness (QED) is 0.657. The molecule has 190 valence electrons. The van der Waals surface area contributed by atoms with E-state index in [0.29, 0.717) is 24.7 Å². The van der Waals surface area contributed by atoms with Crippen LogP contribution >= 0.6 is 0 Å². The van der Waals surface area contributed by atoms with E-state index in [4.69, 9.17) is 4.74 Å². The number of nitrogens with zero attached hydrogens (tertiary/aromatic N) is 3. The van der Waals surface area contributed by atoms with E-state index in [1.54, 1.807) is 11.1 Å². The fraction of sp³-hybridized carbons (Fsp3) is 0.345. The van der Waals surface area contributed by atoms with E-state index in [-0.39, 0.29) is 24.1 Å². The van der Waals surface area contributed by atoms with Gasteiger partial charge in [0.05, 0.1) is 17.9 Å². The van der Waals surface area contributed by atoms with Gasteiger partial charge < -0.3 is 15.0 Å². The first kappa shape index (κ1) is 23.6. The molecule has 2 aromatic rings. The number of anilines is 1. The Balaban J connectivity index is 1.11. The molecular weight excluding hydrogens is 466 g/mol. The molecule has 8 heteroatoms. The third kappa shape index (κ3) is 4.47. The average molecular weight is 498 g/mol. The van der Waals surface area contributed by atoms with E-state index >= 15 is 0 Å². The van der Waals surface area contributed by atoms with Crippen LogP contribution in [0.4, 0.5) is 10.6 Å². The number of hydrogen-bond donors (Lipinski definition) is 2. The molecule has 3 aliphatic heterocycles.